The van der Waals surface area contributed by atoms with Crippen LogP contribution in [0.25, 0.3) is 11.3 Å². The number of H-pyrrole nitrogens is 1. The molecule has 0 aliphatic rings. The minimum atomic E-state index is -3.06. The molecule has 0 amide bonds. The molecule has 2 rings (SSSR count). The predicted molar refractivity (Wildman–Crippen MR) is 56.8 cm³/mol. The van der Waals surface area contributed by atoms with Crippen LogP contribution >= 0.6 is 15.9 Å². The number of halogens is 3. The maximum absolute atomic E-state index is 12.8. The van der Waals surface area contributed by atoms with Gasteiger partial charge in [0.25, 0.3) is 0 Å². The Morgan fingerprint density at radius 1 is 1.20 bits per heavy atom. The second kappa shape index (κ2) is 3.73. The van der Waals surface area contributed by atoms with E-state index in [1.807, 2.05) is 30.3 Å². The van der Waals surface area contributed by atoms with Crippen LogP contribution in [0.15, 0.2) is 36.4 Å². The average Bonchev–Trinajstić information content (AvgIpc) is 2.67. The van der Waals surface area contributed by atoms with Crippen molar-refractivity contribution >= 4 is 15.9 Å². The van der Waals surface area contributed by atoms with Gasteiger partial charge in [-0.3, -0.25) is 5.10 Å². The fourth-order valence-corrected chi connectivity index (χ4v) is 1.43. The highest BCUT2D eigenvalue weighted by Gasteiger charge is 2.29. The van der Waals surface area contributed by atoms with E-state index in [1.54, 1.807) is 0 Å². The molecule has 0 spiro atoms. The Labute approximate surface area is 93.4 Å². The lowest BCUT2D eigenvalue weighted by atomic mass is 10.1. The number of aromatic nitrogens is 2. The van der Waals surface area contributed by atoms with E-state index >= 15 is 0 Å². The molecule has 0 bridgehead atoms. The number of benzene rings is 1. The number of nitrogens with zero attached hydrogens (tertiary/aromatic N) is 1. The van der Waals surface area contributed by atoms with Crippen LogP contribution in [0.1, 0.15) is 5.69 Å². The fraction of sp³-hybridized carbons (Fsp3) is 0.100. The third-order valence-corrected chi connectivity index (χ3v) is 2.38. The van der Waals surface area contributed by atoms with Crippen molar-refractivity contribution in [2.24, 2.45) is 0 Å². The normalized spacial score (nSPS) is 11.7. The van der Waals surface area contributed by atoms with Crippen LogP contribution in [0.2, 0.25) is 0 Å². The Kier molecular flexibility index (Phi) is 2.56. The zero-order chi connectivity index (χ0) is 10.9. The van der Waals surface area contributed by atoms with Crippen LogP contribution < -0.4 is 0 Å². The SMILES string of the molecule is FC(F)(Br)c1cc(-c2ccccc2)n[nH]1. The van der Waals surface area contributed by atoms with Crippen LogP contribution in [0.4, 0.5) is 8.78 Å². The lowest BCUT2D eigenvalue weighted by molar-refractivity contribution is 0.109. The number of alkyl halides is 3. The smallest absolute Gasteiger partial charge is 0.275 e. The number of nitrogens with one attached hydrogen (secondary N) is 1. The quantitative estimate of drug-likeness (QED) is 0.833. The lowest BCUT2D eigenvalue weighted by Crippen LogP contribution is -2.02. The number of rotatable bonds is 2. The Morgan fingerprint density at radius 2 is 1.87 bits per heavy atom. The summed E-state index contributed by atoms with van der Waals surface area (Å²) in [5, 5.41) is 6.12. The maximum atomic E-state index is 12.8. The summed E-state index contributed by atoms with van der Waals surface area (Å²) in [6, 6.07) is 10.5. The molecule has 15 heavy (non-hydrogen) atoms. The molecule has 0 aliphatic heterocycles. The first kappa shape index (κ1) is 10.3. The first-order chi connectivity index (χ1) is 7.07. The molecule has 2 aromatic rings. The summed E-state index contributed by atoms with van der Waals surface area (Å²) < 4.78 is 25.7. The molecular weight excluding hydrogens is 266 g/mol. The van der Waals surface area contributed by atoms with Gasteiger partial charge in [-0.05, 0) is 22.0 Å². The molecular formula is C10H7BrF2N2. The van der Waals surface area contributed by atoms with E-state index in [9.17, 15) is 8.78 Å². The van der Waals surface area contributed by atoms with E-state index in [0.29, 0.717) is 5.69 Å². The average molecular weight is 273 g/mol. The summed E-state index contributed by atoms with van der Waals surface area (Å²) in [6.07, 6.45) is 0. The van der Waals surface area contributed by atoms with E-state index in [0.717, 1.165) is 5.56 Å². The number of hydrogen-bond acceptors (Lipinski definition) is 1. The van der Waals surface area contributed by atoms with Gasteiger partial charge in [-0.25, -0.2) is 0 Å². The molecule has 0 radical (unpaired) electrons. The molecule has 1 N–H and O–H groups in total. The van der Waals surface area contributed by atoms with Gasteiger partial charge in [0.05, 0.1) is 5.69 Å². The van der Waals surface area contributed by atoms with E-state index in [1.165, 1.54) is 6.07 Å². The summed E-state index contributed by atoms with van der Waals surface area (Å²) in [4.78, 5) is -3.06. The zero-order valence-corrected chi connectivity index (χ0v) is 9.13. The molecule has 1 heterocycles. The standard InChI is InChI=1S/C10H7BrF2N2/c11-10(12,13)9-6-8(14-15-9)7-4-2-1-3-5-7/h1-6H,(H,14,15). The van der Waals surface area contributed by atoms with Gasteiger partial charge in [-0.1, -0.05) is 30.3 Å². The first-order valence-electron chi connectivity index (χ1n) is 4.25. The Hall–Kier alpha value is -1.23. The molecule has 0 atom stereocenters. The van der Waals surface area contributed by atoms with Crippen molar-refractivity contribution in [3.8, 4) is 11.3 Å². The highest BCUT2D eigenvalue weighted by atomic mass is 79.9. The monoisotopic (exact) mass is 272 g/mol. The Balaban J connectivity index is 2.37. The van der Waals surface area contributed by atoms with Crippen LogP contribution in [0.5, 0.6) is 0 Å². The molecule has 0 saturated carbocycles. The molecule has 1 aromatic heterocycles. The highest BCUT2D eigenvalue weighted by molar-refractivity contribution is 9.09. The van der Waals surface area contributed by atoms with Gasteiger partial charge in [0.1, 0.15) is 5.69 Å². The van der Waals surface area contributed by atoms with Crippen LogP contribution in [-0.4, -0.2) is 10.2 Å². The van der Waals surface area contributed by atoms with Crippen LogP contribution in [-0.2, 0) is 4.83 Å². The summed E-state index contributed by atoms with van der Waals surface area (Å²) in [7, 11) is 0. The highest BCUT2D eigenvalue weighted by Crippen LogP contribution is 2.34. The Morgan fingerprint density at radius 3 is 2.40 bits per heavy atom. The van der Waals surface area contributed by atoms with Gasteiger partial charge in [-0.2, -0.15) is 13.9 Å². The van der Waals surface area contributed by atoms with Gasteiger partial charge < -0.3 is 0 Å². The number of aromatic amines is 1. The first-order valence-corrected chi connectivity index (χ1v) is 5.05. The minimum absolute atomic E-state index is 0.249. The van der Waals surface area contributed by atoms with E-state index in [4.69, 9.17) is 0 Å². The molecule has 5 heteroatoms. The molecule has 2 nitrogen and oxygen atoms in total. The van der Waals surface area contributed by atoms with Gasteiger partial charge in [0.2, 0.25) is 0 Å². The van der Waals surface area contributed by atoms with E-state index in [-0.39, 0.29) is 5.69 Å². The van der Waals surface area contributed by atoms with Gasteiger partial charge in [0.15, 0.2) is 0 Å². The van der Waals surface area contributed by atoms with Crippen LogP contribution in [0, 0.1) is 0 Å². The number of hydrogen-bond donors (Lipinski definition) is 1. The summed E-state index contributed by atoms with van der Waals surface area (Å²) in [6.45, 7) is 0. The van der Waals surface area contributed by atoms with Crippen molar-refractivity contribution in [3.05, 3.63) is 42.1 Å². The molecule has 0 unspecified atom stereocenters. The third-order valence-electron chi connectivity index (χ3n) is 1.95. The fourth-order valence-electron chi connectivity index (χ4n) is 1.22. The lowest BCUT2D eigenvalue weighted by Gasteiger charge is -2.02. The summed E-state index contributed by atoms with van der Waals surface area (Å²) >= 11 is 2.27. The Bertz CT molecular complexity index is 448. The molecule has 0 saturated heterocycles. The van der Waals surface area contributed by atoms with Gasteiger partial charge >= 0.3 is 4.83 Å². The van der Waals surface area contributed by atoms with E-state index in [2.05, 4.69) is 26.1 Å². The van der Waals surface area contributed by atoms with Gasteiger partial charge in [0, 0.05) is 5.56 Å². The third kappa shape index (κ3) is 2.23. The molecule has 0 aliphatic carbocycles. The summed E-state index contributed by atoms with van der Waals surface area (Å²) in [5.74, 6) is 0. The van der Waals surface area contributed by atoms with Crippen molar-refractivity contribution in [2.75, 3.05) is 0 Å². The maximum Gasteiger partial charge on any atom is 0.342 e. The summed E-state index contributed by atoms with van der Waals surface area (Å²) in [5.41, 5.74) is 1.06. The molecule has 0 fully saturated rings. The van der Waals surface area contributed by atoms with Crippen molar-refractivity contribution in [3.63, 3.8) is 0 Å². The zero-order valence-electron chi connectivity index (χ0n) is 7.55. The van der Waals surface area contributed by atoms with Crippen molar-refractivity contribution in [1.29, 1.82) is 0 Å². The second-order valence-electron chi connectivity index (χ2n) is 3.03. The van der Waals surface area contributed by atoms with Crippen molar-refractivity contribution in [1.82, 2.24) is 10.2 Å². The predicted octanol–water partition coefficient (Wildman–Crippen LogP) is 3.52. The molecule has 78 valence electrons. The minimum Gasteiger partial charge on any atom is -0.275 e. The van der Waals surface area contributed by atoms with Crippen LogP contribution in [0.3, 0.4) is 0 Å². The van der Waals surface area contributed by atoms with Crippen molar-refractivity contribution in [2.45, 2.75) is 4.83 Å². The molecule has 1 aromatic carbocycles. The van der Waals surface area contributed by atoms with Gasteiger partial charge in [-0.15, -0.1) is 0 Å². The second-order valence-corrected chi connectivity index (χ2v) is 4.03. The van der Waals surface area contributed by atoms with E-state index < -0.39 is 4.83 Å². The largest absolute Gasteiger partial charge is 0.342 e. The van der Waals surface area contributed by atoms with Crippen molar-refractivity contribution < 1.29 is 8.78 Å². The topological polar surface area (TPSA) is 28.7 Å².